The number of pyridine rings is 1. The van der Waals surface area contributed by atoms with E-state index >= 15 is 0 Å². The van der Waals surface area contributed by atoms with Gasteiger partial charge in [-0.2, -0.15) is 0 Å². The Hall–Kier alpha value is -1.58. The number of hydrogen-bond acceptors (Lipinski definition) is 3. The van der Waals surface area contributed by atoms with E-state index in [9.17, 15) is 0 Å². The SMILES string of the molecule is Clc1ccc(NC2CCN(Cc3ccccc3)C2)cn1. The van der Waals surface area contributed by atoms with Crippen molar-refractivity contribution in [1.82, 2.24) is 9.88 Å². The fourth-order valence-corrected chi connectivity index (χ4v) is 2.74. The second-order valence-electron chi connectivity index (χ2n) is 5.22. The van der Waals surface area contributed by atoms with Gasteiger partial charge in [0.15, 0.2) is 0 Å². The van der Waals surface area contributed by atoms with Crippen molar-refractivity contribution < 1.29 is 0 Å². The van der Waals surface area contributed by atoms with Crippen molar-refractivity contribution in [2.24, 2.45) is 0 Å². The summed E-state index contributed by atoms with van der Waals surface area (Å²) in [6, 6.07) is 14.9. The number of nitrogens with zero attached hydrogens (tertiary/aromatic N) is 2. The Balaban J connectivity index is 1.53. The molecule has 0 aliphatic carbocycles. The molecule has 1 atom stereocenters. The summed E-state index contributed by atoms with van der Waals surface area (Å²) in [5, 5.41) is 4.06. The first-order chi connectivity index (χ1) is 9.79. The highest BCUT2D eigenvalue weighted by atomic mass is 35.5. The molecule has 0 bridgehead atoms. The van der Waals surface area contributed by atoms with E-state index in [0.717, 1.165) is 31.7 Å². The minimum absolute atomic E-state index is 0.488. The van der Waals surface area contributed by atoms with Crippen LogP contribution in [0.4, 0.5) is 5.69 Å². The van der Waals surface area contributed by atoms with E-state index in [2.05, 4.69) is 45.5 Å². The molecule has 104 valence electrons. The van der Waals surface area contributed by atoms with Gasteiger partial charge in [-0.05, 0) is 24.1 Å². The summed E-state index contributed by atoms with van der Waals surface area (Å²) in [6.07, 6.45) is 2.96. The number of aromatic nitrogens is 1. The summed E-state index contributed by atoms with van der Waals surface area (Å²) in [7, 11) is 0. The molecule has 1 aromatic carbocycles. The van der Waals surface area contributed by atoms with Crippen LogP contribution in [0.3, 0.4) is 0 Å². The second kappa shape index (κ2) is 6.25. The predicted octanol–water partition coefficient (Wildman–Crippen LogP) is 3.42. The normalized spacial score (nSPS) is 19.1. The van der Waals surface area contributed by atoms with Crippen molar-refractivity contribution in [3.8, 4) is 0 Å². The molecule has 20 heavy (non-hydrogen) atoms. The zero-order valence-electron chi connectivity index (χ0n) is 11.3. The molecular formula is C16H18ClN3. The van der Waals surface area contributed by atoms with Gasteiger partial charge in [0.1, 0.15) is 5.15 Å². The standard InChI is InChI=1S/C16H18ClN3/c17-16-7-6-14(10-18-16)19-15-8-9-20(12-15)11-13-4-2-1-3-5-13/h1-7,10,15,19H,8-9,11-12H2. The highest BCUT2D eigenvalue weighted by Gasteiger charge is 2.22. The van der Waals surface area contributed by atoms with Crippen LogP contribution < -0.4 is 5.32 Å². The largest absolute Gasteiger partial charge is 0.380 e. The van der Waals surface area contributed by atoms with Gasteiger partial charge in [-0.25, -0.2) is 4.98 Å². The lowest BCUT2D eigenvalue weighted by molar-refractivity contribution is 0.328. The molecule has 2 aromatic rings. The summed E-state index contributed by atoms with van der Waals surface area (Å²) < 4.78 is 0. The fraction of sp³-hybridized carbons (Fsp3) is 0.312. The quantitative estimate of drug-likeness (QED) is 0.874. The Morgan fingerprint density at radius 2 is 2.05 bits per heavy atom. The Labute approximate surface area is 124 Å². The lowest BCUT2D eigenvalue weighted by Gasteiger charge is -2.17. The average molecular weight is 288 g/mol. The maximum atomic E-state index is 5.79. The second-order valence-corrected chi connectivity index (χ2v) is 5.61. The van der Waals surface area contributed by atoms with Crippen molar-refractivity contribution in [3.63, 3.8) is 0 Å². The van der Waals surface area contributed by atoms with Gasteiger partial charge in [-0.15, -0.1) is 0 Å². The number of hydrogen-bond donors (Lipinski definition) is 1. The van der Waals surface area contributed by atoms with E-state index in [4.69, 9.17) is 11.6 Å². The molecule has 0 amide bonds. The predicted molar refractivity (Wildman–Crippen MR) is 83.0 cm³/mol. The third-order valence-electron chi connectivity index (χ3n) is 3.62. The molecule has 0 saturated carbocycles. The van der Waals surface area contributed by atoms with Gasteiger partial charge in [0, 0.05) is 25.7 Å². The Bertz CT molecular complexity index is 541. The molecule has 1 fully saturated rings. The summed E-state index contributed by atoms with van der Waals surface area (Å²) in [6.45, 7) is 3.23. The maximum absolute atomic E-state index is 5.79. The Morgan fingerprint density at radius 3 is 2.80 bits per heavy atom. The van der Waals surface area contributed by atoms with Crippen LogP contribution in [0.2, 0.25) is 5.15 Å². The van der Waals surface area contributed by atoms with Gasteiger partial charge in [-0.1, -0.05) is 41.9 Å². The fourth-order valence-electron chi connectivity index (χ4n) is 2.63. The van der Waals surface area contributed by atoms with Gasteiger partial charge >= 0.3 is 0 Å². The lowest BCUT2D eigenvalue weighted by Crippen LogP contribution is -2.25. The summed E-state index contributed by atoms with van der Waals surface area (Å²) in [4.78, 5) is 6.58. The molecule has 0 radical (unpaired) electrons. The van der Waals surface area contributed by atoms with Crippen LogP contribution in [-0.4, -0.2) is 29.0 Å². The smallest absolute Gasteiger partial charge is 0.129 e. The maximum Gasteiger partial charge on any atom is 0.129 e. The van der Waals surface area contributed by atoms with Crippen LogP contribution in [0.25, 0.3) is 0 Å². The van der Waals surface area contributed by atoms with E-state index in [1.54, 1.807) is 6.20 Å². The van der Waals surface area contributed by atoms with Crippen LogP contribution >= 0.6 is 11.6 Å². The summed E-state index contributed by atoms with van der Waals surface area (Å²) in [5.41, 5.74) is 2.42. The van der Waals surface area contributed by atoms with Crippen molar-refractivity contribution in [2.75, 3.05) is 18.4 Å². The zero-order valence-corrected chi connectivity index (χ0v) is 12.1. The third-order valence-corrected chi connectivity index (χ3v) is 3.84. The molecule has 3 rings (SSSR count). The molecule has 1 aliphatic rings. The molecule has 1 aliphatic heterocycles. The summed E-state index contributed by atoms with van der Waals surface area (Å²) >= 11 is 5.79. The van der Waals surface area contributed by atoms with Crippen molar-refractivity contribution in [3.05, 3.63) is 59.4 Å². The first-order valence-electron chi connectivity index (χ1n) is 6.94. The zero-order chi connectivity index (χ0) is 13.8. The Morgan fingerprint density at radius 1 is 1.20 bits per heavy atom. The van der Waals surface area contributed by atoms with Crippen molar-refractivity contribution >= 4 is 17.3 Å². The van der Waals surface area contributed by atoms with E-state index in [-0.39, 0.29) is 0 Å². The van der Waals surface area contributed by atoms with Crippen molar-refractivity contribution in [2.45, 2.75) is 19.0 Å². The number of likely N-dealkylation sites (tertiary alicyclic amines) is 1. The number of rotatable bonds is 4. The van der Waals surface area contributed by atoms with Gasteiger partial charge in [-0.3, -0.25) is 4.90 Å². The van der Waals surface area contributed by atoms with E-state index in [1.165, 1.54) is 5.56 Å². The highest BCUT2D eigenvalue weighted by Crippen LogP contribution is 2.18. The van der Waals surface area contributed by atoms with Crippen LogP contribution in [0.15, 0.2) is 48.7 Å². The minimum atomic E-state index is 0.488. The van der Waals surface area contributed by atoms with Crippen LogP contribution in [0.5, 0.6) is 0 Å². The molecule has 1 N–H and O–H groups in total. The highest BCUT2D eigenvalue weighted by molar-refractivity contribution is 6.29. The van der Waals surface area contributed by atoms with Gasteiger partial charge in [0.25, 0.3) is 0 Å². The van der Waals surface area contributed by atoms with Crippen molar-refractivity contribution in [1.29, 1.82) is 0 Å². The van der Waals surface area contributed by atoms with Gasteiger partial charge < -0.3 is 5.32 Å². The molecule has 4 heteroatoms. The Kier molecular flexibility index (Phi) is 4.19. The summed E-state index contributed by atoms with van der Waals surface area (Å²) in [5.74, 6) is 0. The number of nitrogens with one attached hydrogen (secondary N) is 1. The first-order valence-corrected chi connectivity index (χ1v) is 7.32. The molecule has 3 nitrogen and oxygen atoms in total. The van der Waals surface area contributed by atoms with Crippen LogP contribution in [0, 0.1) is 0 Å². The monoisotopic (exact) mass is 287 g/mol. The van der Waals surface area contributed by atoms with E-state index in [0.29, 0.717) is 11.2 Å². The molecule has 2 heterocycles. The average Bonchev–Trinajstić information content (AvgIpc) is 2.90. The van der Waals surface area contributed by atoms with Crippen LogP contribution in [-0.2, 0) is 6.54 Å². The molecular weight excluding hydrogens is 270 g/mol. The molecule has 1 aromatic heterocycles. The molecule has 0 spiro atoms. The van der Waals surface area contributed by atoms with Crippen LogP contribution in [0.1, 0.15) is 12.0 Å². The lowest BCUT2D eigenvalue weighted by atomic mass is 10.2. The number of benzene rings is 1. The molecule has 1 saturated heterocycles. The van der Waals surface area contributed by atoms with Gasteiger partial charge in [0.2, 0.25) is 0 Å². The number of anilines is 1. The third kappa shape index (κ3) is 3.50. The van der Waals surface area contributed by atoms with Gasteiger partial charge in [0.05, 0.1) is 11.9 Å². The van der Waals surface area contributed by atoms with E-state index < -0.39 is 0 Å². The first kappa shape index (κ1) is 13.4. The van der Waals surface area contributed by atoms with E-state index in [1.807, 2.05) is 12.1 Å². The minimum Gasteiger partial charge on any atom is -0.380 e. The topological polar surface area (TPSA) is 28.2 Å². The molecule has 1 unspecified atom stereocenters. The number of halogens is 1.